The molecule has 3 heterocycles. The maximum atomic E-state index is 12.4. The zero-order chi connectivity index (χ0) is 21.1. The molecule has 0 bridgehead atoms. The molecule has 0 amide bonds. The molecule has 0 aliphatic carbocycles. The van der Waals surface area contributed by atoms with Crippen LogP contribution in [-0.4, -0.2) is 37.4 Å². The van der Waals surface area contributed by atoms with Crippen molar-refractivity contribution in [2.24, 2.45) is 5.10 Å². The first-order valence-corrected chi connectivity index (χ1v) is 10.4. The molecule has 1 fully saturated rings. The number of hydrazone groups is 1. The molecule has 9 heteroatoms. The van der Waals surface area contributed by atoms with E-state index in [9.17, 15) is 14.7 Å². The Balaban J connectivity index is 1.71. The predicted molar refractivity (Wildman–Crippen MR) is 117 cm³/mol. The lowest BCUT2D eigenvalue weighted by molar-refractivity contribution is 0.156. The van der Waals surface area contributed by atoms with Crippen LogP contribution in [0.5, 0.6) is 5.88 Å². The normalized spacial score (nSPS) is 16.8. The highest BCUT2D eigenvalue weighted by atomic mass is 79.9. The van der Waals surface area contributed by atoms with Crippen molar-refractivity contribution in [3.05, 3.63) is 85.2 Å². The third-order valence-corrected chi connectivity index (χ3v) is 5.61. The molecule has 30 heavy (non-hydrogen) atoms. The van der Waals surface area contributed by atoms with Gasteiger partial charge in [0.05, 0.1) is 17.9 Å². The standard InChI is InChI=1S/C21H20BrN5O3/c22-15-6-8-16(9-7-15)27-20(29)17(19(28)25-21(27)30)13-24-26-11-2-1-5-18(26)14-4-3-10-23-12-14/h3-4,6-10,12-13,18,29H,1-2,5,11H2,(H,25,28,30)/t18-/m1/s1. The second-order valence-corrected chi connectivity index (χ2v) is 7.93. The molecule has 1 aromatic carbocycles. The lowest BCUT2D eigenvalue weighted by Crippen LogP contribution is -2.32. The van der Waals surface area contributed by atoms with Crippen molar-refractivity contribution >= 4 is 22.1 Å². The van der Waals surface area contributed by atoms with Gasteiger partial charge in [-0.1, -0.05) is 22.0 Å². The molecule has 2 aromatic heterocycles. The van der Waals surface area contributed by atoms with Crippen LogP contribution in [0, 0.1) is 0 Å². The van der Waals surface area contributed by atoms with Crippen molar-refractivity contribution in [3.8, 4) is 11.6 Å². The highest BCUT2D eigenvalue weighted by Crippen LogP contribution is 2.30. The fourth-order valence-electron chi connectivity index (χ4n) is 3.58. The number of H-pyrrole nitrogens is 1. The molecule has 2 N–H and O–H groups in total. The zero-order valence-corrected chi connectivity index (χ0v) is 17.6. The number of nitrogens with zero attached hydrogens (tertiary/aromatic N) is 4. The van der Waals surface area contributed by atoms with Gasteiger partial charge in [-0.3, -0.25) is 19.8 Å². The second-order valence-electron chi connectivity index (χ2n) is 7.01. The molecular formula is C21H20BrN5O3. The van der Waals surface area contributed by atoms with Gasteiger partial charge in [-0.25, -0.2) is 9.36 Å². The summed E-state index contributed by atoms with van der Waals surface area (Å²) in [5.41, 5.74) is -0.00844. The Morgan fingerprint density at radius 2 is 2.00 bits per heavy atom. The number of aromatic amines is 1. The highest BCUT2D eigenvalue weighted by Gasteiger charge is 2.23. The molecular weight excluding hydrogens is 450 g/mol. The van der Waals surface area contributed by atoms with E-state index in [1.807, 2.05) is 23.3 Å². The summed E-state index contributed by atoms with van der Waals surface area (Å²) in [6.45, 7) is 0.723. The summed E-state index contributed by atoms with van der Waals surface area (Å²) in [6.07, 6.45) is 7.83. The number of nitrogens with one attached hydrogen (secondary N) is 1. The summed E-state index contributed by atoms with van der Waals surface area (Å²) in [6, 6.07) is 10.7. The van der Waals surface area contributed by atoms with Crippen LogP contribution in [0.25, 0.3) is 5.69 Å². The van der Waals surface area contributed by atoms with Crippen LogP contribution < -0.4 is 11.2 Å². The van der Waals surface area contributed by atoms with Gasteiger partial charge < -0.3 is 5.11 Å². The molecule has 1 atom stereocenters. The van der Waals surface area contributed by atoms with Gasteiger partial charge in [0.25, 0.3) is 5.56 Å². The number of aromatic nitrogens is 3. The van der Waals surface area contributed by atoms with Crippen molar-refractivity contribution in [1.82, 2.24) is 19.5 Å². The number of hydrogen-bond acceptors (Lipinski definition) is 6. The number of aromatic hydroxyl groups is 1. The first-order valence-electron chi connectivity index (χ1n) is 9.59. The molecule has 1 aliphatic heterocycles. The SMILES string of the molecule is O=c1[nH]c(=O)n(-c2ccc(Br)cc2)c(O)c1C=NN1CCCC[C@@H]1c1cccnc1. The van der Waals surface area contributed by atoms with Crippen molar-refractivity contribution in [2.75, 3.05) is 6.54 Å². The van der Waals surface area contributed by atoms with E-state index >= 15 is 0 Å². The Morgan fingerprint density at radius 3 is 2.73 bits per heavy atom. The summed E-state index contributed by atoms with van der Waals surface area (Å²) < 4.78 is 1.88. The lowest BCUT2D eigenvalue weighted by Gasteiger charge is -2.33. The van der Waals surface area contributed by atoms with Gasteiger partial charge in [0, 0.05) is 23.4 Å². The maximum Gasteiger partial charge on any atom is 0.335 e. The van der Waals surface area contributed by atoms with E-state index in [0.29, 0.717) is 5.69 Å². The maximum absolute atomic E-state index is 12.4. The molecule has 8 nitrogen and oxygen atoms in total. The van der Waals surface area contributed by atoms with Gasteiger partial charge in [-0.15, -0.1) is 0 Å². The van der Waals surface area contributed by atoms with E-state index in [2.05, 4.69) is 31.0 Å². The summed E-state index contributed by atoms with van der Waals surface area (Å²) in [4.78, 5) is 31.1. The van der Waals surface area contributed by atoms with Crippen LogP contribution in [0.2, 0.25) is 0 Å². The largest absolute Gasteiger partial charge is 0.493 e. The second kappa shape index (κ2) is 8.66. The molecule has 1 aliphatic rings. The monoisotopic (exact) mass is 469 g/mol. The number of piperidine rings is 1. The quantitative estimate of drug-likeness (QED) is 0.571. The average Bonchev–Trinajstić information content (AvgIpc) is 2.75. The van der Waals surface area contributed by atoms with Gasteiger partial charge in [-0.2, -0.15) is 5.10 Å². The van der Waals surface area contributed by atoms with Crippen molar-refractivity contribution in [1.29, 1.82) is 0 Å². The van der Waals surface area contributed by atoms with Crippen LogP contribution >= 0.6 is 15.9 Å². The summed E-state index contributed by atoms with van der Waals surface area (Å²) in [5, 5.41) is 17.1. The Bertz CT molecular complexity index is 1170. The molecule has 0 saturated carbocycles. The van der Waals surface area contributed by atoms with Crippen LogP contribution in [0.4, 0.5) is 0 Å². The van der Waals surface area contributed by atoms with Gasteiger partial charge in [0.1, 0.15) is 5.56 Å². The predicted octanol–water partition coefficient (Wildman–Crippen LogP) is 2.95. The first-order chi connectivity index (χ1) is 14.5. The number of halogens is 1. The fourth-order valence-corrected chi connectivity index (χ4v) is 3.85. The van der Waals surface area contributed by atoms with Crippen LogP contribution in [-0.2, 0) is 0 Å². The van der Waals surface area contributed by atoms with E-state index in [0.717, 1.165) is 40.4 Å². The topological polar surface area (TPSA) is 104 Å². The van der Waals surface area contributed by atoms with Crippen molar-refractivity contribution in [2.45, 2.75) is 25.3 Å². The fraction of sp³-hybridized carbons (Fsp3) is 0.238. The van der Waals surface area contributed by atoms with E-state index in [1.54, 1.807) is 30.5 Å². The van der Waals surface area contributed by atoms with E-state index in [4.69, 9.17) is 0 Å². The molecule has 0 spiro atoms. The first kappa shape index (κ1) is 20.1. The van der Waals surface area contributed by atoms with Gasteiger partial charge in [-0.05, 0) is 55.2 Å². The number of hydrogen-bond donors (Lipinski definition) is 2. The lowest BCUT2D eigenvalue weighted by atomic mass is 9.98. The minimum atomic E-state index is -0.719. The van der Waals surface area contributed by atoms with Gasteiger partial charge >= 0.3 is 5.69 Å². The van der Waals surface area contributed by atoms with Gasteiger partial charge in [0.15, 0.2) is 0 Å². The Labute approximate surface area is 180 Å². The van der Waals surface area contributed by atoms with Crippen LogP contribution in [0.15, 0.2) is 68.0 Å². The molecule has 0 radical (unpaired) electrons. The number of pyridine rings is 1. The molecule has 154 valence electrons. The summed E-state index contributed by atoms with van der Waals surface area (Å²) >= 11 is 3.34. The van der Waals surface area contributed by atoms with Crippen molar-refractivity contribution < 1.29 is 5.11 Å². The van der Waals surface area contributed by atoms with Gasteiger partial charge in [0.2, 0.25) is 5.88 Å². The minimum absolute atomic E-state index is 0.0438. The van der Waals surface area contributed by atoms with E-state index in [-0.39, 0.29) is 11.6 Å². The molecule has 0 unspecified atom stereocenters. The Morgan fingerprint density at radius 1 is 1.20 bits per heavy atom. The zero-order valence-electron chi connectivity index (χ0n) is 16.0. The summed E-state index contributed by atoms with van der Waals surface area (Å²) in [7, 11) is 0. The average molecular weight is 470 g/mol. The third kappa shape index (κ3) is 4.06. The smallest absolute Gasteiger partial charge is 0.335 e. The van der Waals surface area contributed by atoms with E-state index in [1.165, 1.54) is 6.21 Å². The third-order valence-electron chi connectivity index (χ3n) is 5.08. The van der Waals surface area contributed by atoms with E-state index < -0.39 is 17.1 Å². The summed E-state index contributed by atoms with van der Waals surface area (Å²) in [5.74, 6) is -0.454. The Hall–Kier alpha value is -3.20. The number of rotatable bonds is 4. The van der Waals surface area contributed by atoms with Crippen LogP contribution in [0.1, 0.15) is 36.4 Å². The number of benzene rings is 1. The molecule has 3 aromatic rings. The van der Waals surface area contributed by atoms with Crippen LogP contribution in [0.3, 0.4) is 0 Å². The molecule has 4 rings (SSSR count). The van der Waals surface area contributed by atoms with Crippen molar-refractivity contribution in [3.63, 3.8) is 0 Å². The highest BCUT2D eigenvalue weighted by molar-refractivity contribution is 9.10. The molecule has 1 saturated heterocycles. The Kier molecular flexibility index (Phi) is 5.80. The minimum Gasteiger partial charge on any atom is -0.493 e.